The van der Waals surface area contributed by atoms with E-state index in [1.807, 2.05) is 23.6 Å². The molecule has 1 amide bonds. The molecule has 14 heavy (non-hydrogen) atoms. The minimum atomic E-state index is -0.0301. The van der Waals surface area contributed by atoms with E-state index in [1.54, 1.807) is 0 Å². The first kappa shape index (κ1) is 11.9. The van der Waals surface area contributed by atoms with Crippen molar-refractivity contribution in [1.29, 1.82) is 0 Å². The van der Waals surface area contributed by atoms with Crippen LogP contribution in [0.5, 0.6) is 0 Å². The Morgan fingerprint density at radius 2 is 2.00 bits per heavy atom. The van der Waals surface area contributed by atoms with Gasteiger partial charge < -0.3 is 10.6 Å². The lowest BCUT2D eigenvalue weighted by molar-refractivity contribution is -0.134. The lowest BCUT2D eigenvalue weighted by atomic mass is 10.1. The third-order valence-corrected chi connectivity index (χ3v) is 3.73. The van der Waals surface area contributed by atoms with Crippen molar-refractivity contribution in [2.24, 2.45) is 11.7 Å². The average molecular weight is 216 g/mol. The Bertz CT molecular complexity index is 200. The highest BCUT2D eigenvalue weighted by Crippen LogP contribution is 2.25. The van der Waals surface area contributed by atoms with E-state index >= 15 is 0 Å². The van der Waals surface area contributed by atoms with Gasteiger partial charge in [0.1, 0.15) is 0 Å². The molecular formula is C10H20N2OS. The molecule has 1 rings (SSSR count). The van der Waals surface area contributed by atoms with Crippen LogP contribution in [0, 0.1) is 5.92 Å². The van der Waals surface area contributed by atoms with Gasteiger partial charge in [-0.3, -0.25) is 4.79 Å². The highest BCUT2D eigenvalue weighted by Gasteiger charge is 2.27. The van der Waals surface area contributed by atoms with Gasteiger partial charge in [0.2, 0.25) is 5.91 Å². The van der Waals surface area contributed by atoms with Gasteiger partial charge in [0, 0.05) is 36.1 Å². The van der Waals surface area contributed by atoms with Crippen molar-refractivity contribution < 1.29 is 4.79 Å². The number of carbonyl (C=O) groups is 1. The van der Waals surface area contributed by atoms with Gasteiger partial charge in [-0.2, -0.15) is 11.8 Å². The maximum Gasteiger partial charge on any atom is 0.226 e. The molecule has 0 aromatic carbocycles. The van der Waals surface area contributed by atoms with Crippen molar-refractivity contribution >= 4 is 17.7 Å². The van der Waals surface area contributed by atoms with E-state index in [0.717, 1.165) is 13.1 Å². The number of amides is 1. The minimum Gasteiger partial charge on any atom is -0.340 e. The number of rotatable bonds is 2. The predicted octanol–water partition coefficient (Wildman–Crippen LogP) is 0.934. The fourth-order valence-electron chi connectivity index (χ4n) is 1.77. The number of hydrogen-bond acceptors (Lipinski definition) is 3. The molecule has 0 aliphatic carbocycles. The maximum absolute atomic E-state index is 11.9. The van der Waals surface area contributed by atoms with Crippen molar-refractivity contribution in [2.75, 3.05) is 19.6 Å². The van der Waals surface area contributed by atoms with Crippen LogP contribution in [0.3, 0.4) is 0 Å². The van der Waals surface area contributed by atoms with E-state index in [-0.39, 0.29) is 11.8 Å². The van der Waals surface area contributed by atoms with E-state index in [1.165, 1.54) is 0 Å². The zero-order chi connectivity index (χ0) is 10.7. The molecule has 1 aliphatic rings. The summed E-state index contributed by atoms with van der Waals surface area (Å²) in [5.74, 6) is 0.184. The fraction of sp³-hybridized carbons (Fsp3) is 0.900. The molecule has 0 radical (unpaired) electrons. The summed E-state index contributed by atoms with van der Waals surface area (Å²) in [6.45, 7) is 8.45. The second-order valence-corrected chi connectivity index (χ2v) is 6.02. The molecule has 1 fully saturated rings. The number of thioether (sulfide) groups is 1. The van der Waals surface area contributed by atoms with Crippen LogP contribution in [0.2, 0.25) is 0 Å². The smallest absolute Gasteiger partial charge is 0.226 e. The first-order valence-corrected chi connectivity index (χ1v) is 6.13. The Morgan fingerprint density at radius 3 is 2.43 bits per heavy atom. The van der Waals surface area contributed by atoms with E-state index in [4.69, 9.17) is 5.73 Å². The number of carbonyl (C=O) groups excluding carboxylic acids is 1. The second-order valence-electron chi connectivity index (χ2n) is 4.14. The van der Waals surface area contributed by atoms with Gasteiger partial charge >= 0.3 is 0 Å². The molecule has 82 valence electrons. The molecule has 1 saturated heterocycles. The van der Waals surface area contributed by atoms with Crippen molar-refractivity contribution in [3.63, 3.8) is 0 Å². The number of nitrogens with zero attached hydrogens (tertiary/aromatic N) is 1. The normalized spacial score (nSPS) is 30.1. The SMILES string of the molecule is CC1CN(C(=O)C(C)CN)CC(C)S1. The summed E-state index contributed by atoms with van der Waals surface area (Å²) in [6, 6.07) is 0. The Labute approximate surface area is 90.4 Å². The van der Waals surface area contributed by atoms with Crippen LogP contribution >= 0.6 is 11.8 Å². The fourth-order valence-corrected chi connectivity index (χ4v) is 3.10. The van der Waals surface area contributed by atoms with Gasteiger partial charge in [-0.05, 0) is 0 Å². The van der Waals surface area contributed by atoms with Crippen LogP contribution in [0.1, 0.15) is 20.8 Å². The van der Waals surface area contributed by atoms with Gasteiger partial charge in [-0.1, -0.05) is 20.8 Å². The van der Waals surface area contributed by atoms with Crippen LogP contribution in [0.25, 0.3) is 0 Å². The summed E-state index contributed by atoms with van der Waals surface area (Å²) in [5, 5.41) is 1.10. The van der Waals surface area contributed by atoms with Gasteiger partial charge in [0.15, 0.2) is 0 Å². The maximum atomic E-state index is 11.9. The van der Waals surface area contributed by atoms with Gasteiger partial charge in [-0.15, -0.1) is 0 Å². The average Bonchev–Trinajstić information content (AvgIpc) is 2.14. The summed E-state index contributed by atoms with van der Waals surface area (Å²) >= 11 is 1.96. The molecule has 0 aromatic rings. The molecule has 1 aliphatic heterocycles. The highest BCUT2D eigenvalue weighted by atomic mass is 32.2. The third-order valence-electron chi connectivity index (χ3n) is 2.51. The van der Waals surface area contributed by atoms with Crippen molar-refractivity contribution in [1.82, 2.24) is 4.90 Å². The molecule has 0 saturated carbocycles. The lowest BCUT2D eigenvalue weighted by Crippen LogP contribution is -2.47. The van der Waals surface area contributed by atoms with Crippen molar-refractivity contribution in [2.45, 2.75) is 31.3 Å². The van der Waals surface area contributed by atoms with Crippen LogP contribution in [0.15, 0.2) is 0 Å². The number of hydrogen-bond donors (Lipinski definition) is 1. The zero-order valence-electron chi connectivity index (χ0n) is 9.19. The lowest BCUT2D eigenvalue weighted by Gasteiger charge is -2.35. The summed E-state index contributed by atoms with van der Waals surface area (Å²) in [5.41, 5.74) is 5.50. The monoisotopic (exact) mass is 216 g/mol. The number of nitrogens with two attached hydrogens (primary N) is 1. The molecular weight excluding hydrogens is 196 g/mol. The zero-order valence-corrected chi connectivity index (χ0v) is 10.0. The topological polar surface area (TPSA) is 46.3 Å². The van der Waals surface area contributed by atoms with Crippen LogP contribution in [-0.2, 0) is 4.79 Å². The third kappa shape index (κ3) is 2.89. The van der Waals surface area contributed by atoms with Gasteiger partial charge in [0.25, 0.3) is 0 Å². The molecule has 4 heteroatoms. The summed E-state index contributed by atoms with van der Waals surface area (Å²) in [4.78, 5) is 13.8. The second kappa shape index (κ2) is 5.03. The van der Waals surface area contributed by atoms with Crippen LogP contribution < -0.4 is 5.73 Å². The molecule has 0 aromatic heterocycles. The first-order chi connectivity index (χ1) is 6.54. The first-order valence-electron chi connectivity index (χ1n) is 5.19. The molecule has 1 heterocycles. The van der Waals surface area contributed by atoms with Crippen molar-refractivity contribution in [3.05, 3.63) is 0 Å². The summed E-state index contributed by atoms with van der Waals surface area (Å²) in [6.07, 6.45) is 0. The molecule has 2 N–H and O–H groups in total. The molecule has 3 atom stereocenters. The van der Waals surface area contributed by atoms with Crippen molar-refractivity contribution in [3.8, 4) is 0 Å². The molecule has 3 unspecified atom stereocenters. The molecule has 3 nitrogen and oxygen atoms in total. The van der Waals surface area contributed by atoms with Crippen LogP contribution in [0.4, 0.5) is 0 Å². The standard InChI is InChI=1S/C10H20N2OS/c1-7(4-11)10(13)12-5-8(2)14-9(3)6-12/h7-9H,4-6,11H2,1-3H3. The summed E-state index contributed by atoms with van der Waals surface area (Å²) in [7, 11) is 0. The minimum absolute atomic E-state index is 0.0301. The van der Waals surface area contributed by atoms with E-state index in [0.29, 0.717) is 17.0 Å². The Balaban J connectivity index is 2.54. The summed E-state index contributed by atoms with van der Waals surface area (Å²) < 4.78 is 0. The molecule has 0 bridgehead atoms. The Hall–Kier alpha value is -0.220. The quantitative estimate of drug-likeness (QED) is 0.747. The van der Waals surface area contributed by atoms with Gasteiger partial charge in [-0.25, -0.2) is 0 Å². The van der Waals surface area contributed by atoms with E-state index < -0.39 is 0 Å². The predicted molar refractivity (Wildman–Crippen MR) is 61.3 cm³/mol. The Kier molecular flexibility index (Phi) is 4.26. The van der Waals surface area contributed by atoms with Gasteiger partial charge in [0.05, 0.1) is 0 Å². The largest absolute Gasteiger partial charge is 0.340 e. The Morgan fingerprint density at radius 1 is 1.50 bits per heavy atom. The highest BCUT2D eigenvalue weighted by molar-refractivity contribution is 8.00. The van der Waals surface area contributed by atoms with Crippen LogP contribution in [-0.4, -0.2) is 40.9 Å². The van der Waals surface area contributed by atoms with E-state index in [2.05, 4.69) is 13.8 Å². The molecule has 0 spiro atoms. The van der Waals surface area contributed by atoms with E-state index in [9.17, 15) is 4.79 Å².